The highest BCUT2D eigenvalue weighted by Gasteiger charge is 2.32. The third-order valence-corrected chi connectivity index (χ3v) is 6.94. The summed E-state index contributed by atoms with van der Waals surface area (Å²) >= 11 is 4.50. The molecule has 2 aromatic carbocycles. The van der Waals surface area contributed by atoms with Crippen molar-refractivity contribution < 1.29 is 23.8 Å². The lowest BCUT2D eigenvalue weighted by Gasteiger charge is -2.12. The molecular formula is C26H24BrN3O5S. The van der Waals surface area contributed by atoms with Crippen LogP contribution >= 0.6 is 27.3 Å². The number of amides is 1. The third-order valence-electron chi connectivity index (χ3n) is 5.30. The molecule has 10 heteroatoms. The molecule has 0 radical (unpaired) electrons. The molecule has 0 bridgehead atoms. The lowest BCUT2D eigenvalue weighted by Crippen LogP contribution is -2.21. The van der Waals surface area contributed by atoms with Crippen molar-refractivity contribution in [3.8, 4) is 11.5 Å². The Hall–Kier alpha value is -3.50. The van der Waals surface area contributed by atoms with Gasteiger partial charge in [0.1, 0.15) is 11.5 Å². The number of carbonyl (C=O) groups is 2. The summed E-state index contributed by atoms with van der Waals surface area (Å²) in [5, 5.41) is 5.91. The standard InChI is InChI=1S/C26H24BrN3O5S/c1-5-34-25(32)23-16(3)28-26(36-23)30-24(31)20(15(2)29-30)12-18-8-11-21(22(13-18)33-4)35-14-17-6-9-19(27)10-7-17/h6-13H,5,14H2,1-4H3/b20-12-. The molecule has 186 valence electrons. The van der Waals surface area contributed by atoms with E-state index in [9.17, 15) is 9.59 Å². The van der Waals surface area contributed by atoms with Gasteiger partial charge >= 0.3 is 5.97 Å². The fraction of sp³-hybridized carbons (Fsp3) is 0.231. The van der Waals surface area contributed by atoms with Crippen molar-refractivity contribution in [3.05, 3.63) is 74.2 Å². The fourth-order valence-corrected chi connectivity index (χ4v) is 4.65. The second kappa shape index (κ2) is 11.0. The number of carbonyl (C=O) groups excluding carboxylic acids is 2. The number of ether oxygens (including phenoxy) is 3. The predicted molar refractivity (Wildman–Crippen MR) is 143 cm³/mol. The Morgan fingerprint density at radius 1 is 1.14 bits per heavy atom. The molecule has 0 fully saturated rings. The van der Waals surface area contributed by atoms with Crippen LogP contribution in [0.15, 0.2) is 57.6 Å². The van der Waals surface area contributed by atoms with Crippen molar-refractivity contribution in [2.45, 2.75) is 27.4 Å². The molecule has 0 aliphatic carbocycles. The quantitative estimate of drug-likeness (QED) is 0.252. The molecule has 1 aliphatic heterocycles. The van der Waals surface area contributed by atoms with Crippen LogP contribution in [-0.2, 0) is 16.1 Å². The van der Waals surface area contributed by atoms with Gasteiger partial charge in [0.2, 0.25) is 5.13 Å². The van der Waals surface area contributed by atoms with Crippen molar-refractivity contribution in [3.63, 3.8) is 0 Å². The van der Waals surface area contributed by atoms with Crippen molar-refractivity contribution in [1.29, 1.82) is 0 Å². The molecular weight excluding hydrogens is 546 g/mol. The molecule has 0 saturated heterocycles. The van der Waals surface area contributed by atoms with Crippen molar-refractivity contribution in [2.75, 3.05) is 18.7 Å². The maximum absolute atomic E-state index is 13.2. The zero-order chi connectivity index (χ0) is 25.8. The minimum atomic E-state index is -0.462. The summed E-state index contributed by atoms with van der Waals surface area (Å²) in [5.74, 6) is 0.354. The first kappa shape index (κ1) is 25.6. The number of hydrogen-bond acceptors (Lipinski definition) is 8. The van der Waals surface area contributed by atoms with E-state index in [2.05, 4.69) is 26.0 Å². The number of thiazole rings is 1. The van der Waals surface area contributed by atoms with E-state index in [1.54, 1.807) is 40.0 Å². The van der Waals surface area contributed by atoms with E-state index >= 15 is 0 Å². The topological polar surface area (TPSA) is 90.3 Å². The zero-order valence-corrected chi connectivity index (χ0v) is 22.6. The van der Waals surface area contributed by atoms with E-state index in [0.717, 1.165) is 26.9 Å². The number of benzene rings is 2. The van der Waals surface area contributed by atoms with E-state index in [1.165, 1.54) is 5.01 Å². The number of rotatable bonds is 8. The number of nitrogens with zero attached hydrogens (tertiary/aromatic N) is 3. The van der Waals surface area contributed by atoms with Crippen LogP contribution in [0.4, 0.5) is 5.13 Å². The Bertz CT molecular complexity index is 1360. The average Bonchev–Trinajstić information content (AvgIpc) is 3.38. The average molecular weight is 570 g/mol. The molecule has 36 heavy (non-hydrogen) atoms. The third kappa shape index (κ3) is 5.50. The molecule has 0 spiro atoms. The number of esters is 1. The molecule has 0 atom stereocenters. The monoisotopic (exact) mass is 569 g/mol. The largest absolute Gasteiger partial charge is 0.493 e. The zero-order valence-electron chi connectivity index (χ0n) is 20.2. The Morgan fingerprint density at radius 2 is 1.89 bits per heavy atom. The normalized spacial score (nSPS) is 14.2. The summed E-state index contributed by atoms with van der Waals surface area (Å²) in [5.41, 5.74) is 3.24. The number of aromatic nitrogens is 1. The van der Waals surface area contributed by atoms with Gasteiger partial charge in [-0.1, -0.05) is 45.5 Å². The number of methoxy groups -OCH3 is 1. The van der Waals surface area contributed by atoms with Crippen LogP contribution in [0, 0.1) is 6.92 Å². The lowest BCUT2D eigenvalue weighted by atomic mass is 10.1. The maximum atomic E-state index is 13.2. The van der Waals surface area contributed by atoms with E-state index < -0.39 is 5.97 Å². The Morgan fingerprint density at radius 3 is 2.58 bits per heavy atom. The SMILES string of the molecule is CCOC(=O)c1sc(N2N=C(C)/C(=C/c3ccc(OCc4ccc(Br)cc4)c(OC)c3)C2=O)nc1C. The van der Waals surface area contributed by atoms with Gasteiger partial charge in [-0.15, -0.1) is 0 Å². The van der Waals surface area contributed by atoms with Crippen LogP contribution in [0.1, 0.15) is 40.3 Å². The van der Waals surface area contributed by atoms with Crippen LogP contribution in [-0.4, -0.2) is 36.3 Å². The predicted octanol–water partition coefficient (Wildman–Crippen LogP) is 5.78. The second-order valence-corrected chi connectivity index (χ2v) is 9.71. The summed E-state index contributed by atoms with van der Waals surface area (Å²) in [6, 6.07) is 13.3. The molecule has 0 saturated carbocycles. The number of hydrogen-bond donors (Lipinski definition) is 0. The molecule has 3 aromatic rings. The fourth-order valence-electron chi connectivity index (χ4n) is 3.47. The molecule has 4 rings (SSSR count). The maximum Gasteiger partial charge on any atom is 0.350 e. The highest BCUT2D eigenvalue weighted by molar-refractivity contribution is 9.10. The van der Waals surface area contributed by atoms with Gasteiger partial charge in [0.05, 0.1) is 30.7 Å². The van der Waals surface area contributed by atoms with Crippen LogP contribution in [0.3, 0.4) is 0 Å². The van der Waals surface area contributed by atoms with Gasteiger partial charge in [-0.2, -0.15) is 10.1 Å². The van der Waals surface area contributed by atoms with E-state index in [0.29, 0.717) is 45.1 Å². The van der Waals surface area contributed by atoms with E-state index in [-0.39, 0.29) is 12.5 Å². The summed E-state index contributed by atoms with van der Waals surface area (Å²) < 4.78 is 17.5. The Kier molecular flexibility index (Phi) is 7.85. The smallest absolute Gasteiger partial charge is 0.350 e. The lowest BCUT2D eigenvalue weighted by molar-refractivity contribution is -0.114. The summed E-state index contributed by atoms with van der Waals surface area (Å²) in [6.07, 6.45) is 1.74. The van der Waals surface area contributed by atoms with Gasteiger partial charge in [0, 0.05) is 4.47 Å². The first-order chi connectivity index (χ1) is 17.3. The van der Waals surface area contributed by atoms with Crippen LogP contribution in [0.2, 0.25) is 0 Å². The van der Waals surface area contributed by atoms with Gasteiger partial charge in [-0.05, 0) is 62.2 Å². The minimum absolute atomic E-state index is 0.260. The first-order valence-electron chi connectivity index (χ1n) is 11.1. The number of aryl methyl sites for hydroxylation is 1. The molecule has 1 amide bonds. The van der Waals surface area contributed by atoms with Crippen LogP contribution in [0.25, 0.3) is 6.08 Å². The molecule has 1 aromatic heterocycles. The van der Waals surface area contributed by atoms with Crippen molar-refractivity contribution in [2.24, 2.45) is 5.10 Å². The highest BCUT2D eigenvalue weighted by atomic mass is 79.9. The molecule has 0 unspecified atom stereocenters. The van der Waals surface area contributed by atoms with Crippen LogP contribution < -0.4 is 14.5 Å². The Balaban J connectivity index is 1.53. The molecule has 0 N–H and O–H groups in total. The first-order valence-corrected chi connectivity index (χ1v) is 12.7. The number of halogens is 1. The minimum Gasteiger partial charge on any atom is -0.493 e. The second-order valence-electron chi connectivity index (χ2n) is 7.82. The van der Waals surface area contributed by atoms with Crippen LogP contribution in [0.5, 0.6) is 11.5 Å². The van der Waals surface area contributed by atoms with E-state index in [1.807, 2.05) is 36.4 Å². The summed E-state index contributed by atoms with van der Waals surface area (Å²) in [7, 11) is 1.57. The van der Waals surface area contributed by atoms with Gasteiger partial charge in [-0.3, -0.25) is 4.79 Å². The van der Waals surface area contributed by atoms with Gasteiger partial charge in [0.25, 0.3) is 5.91 Å². The number of anilines is 1. The molecule has 8 nitrogen and oxygen atoms in total. The molecule has 2 heterocycles. The Labute approximate surface area is 221 Å². The van der Waals surface area contributed by atoms with Gasteiger partial charge in [-0.25, -0.2) is 9.78 Å². The highest BCUT2D eigenvalue weighted by Crippen LogP contribution is 2.33. The summed E-state index contributed by atoms with van der Waals surface area (Å²) in [6.45, 7) is 5.84. The van der Waals surface area contributed by atoms with Crippen molar-refractivity contribution in [1.82, 2.24) is 4.98 Å². The molecule has 1 aliphatic rings. The number of hydrazone groups is 1. The van der Waals surface area contributed by atoms with Gasteiger partial charge in [0.15, 0.2) is 11.5 Å². The van der Waals surface area contributed by atoms with Crippen molar-refractivity contribution >= 4 is 56.1 Å². The van der Waals surface area contributed by atoms with E-state index in [4.69, 9.17) is 14.2 Å². The summed E-state index contributed by atoms with van der Waals surface area (Å²) in [4.78, 5) is 30.0. The van der Waals surface area contributed by atoms with Gasteiger partial charge < -0.3 is 14.2 Å².